The third-order valence-corrected chi connectivity index (χ3v) is 8.45. The van der Waals surface area contributed by atoms with Gasteiger partial charge in [0.05, 0.1) is 6.04 Å². The van der Waals surface area contributed by atoms with Crippen LogP contribution >= 0.6 is 11.6 Å². The molecule has 0 radical (unpaired) electrons. The van der Waals surface area contributed by atoms with Crippen molar-refractivity contribution >= 4 is 29.3 Å². The van der Waals surface area contributed by atoms with Gasteiger partial charge in [-0.15, -0.1) is 0 Å². The van der Waals surface area contributed by atoms with Crippen LogP contribution in [0.15, 0.2) is 30.9 Å². The van der Waals surface area contributed by atoms with Crippen molar-refractivity contribution in [3.63, 3.8) is 0 Å². The Balaban J connectivity index is 1.51. The molecule has 3 atom stereocenters. The molecule has 0 unspecified atom stereocenters. The Labute approximate surface area is 227 Å². The number of carbonyl (C=O) groups is 3. The fourth-order valence-electron chi connectivity index (χ4n) is 6.17. The Bertz CT molecular complexity index is 1190. The second-order valence-corrected chi connectivity index (χ2v) is 10.7. The normalized spacial score (nSPS) is 23.2. The first kappa shape index (κ1) is 26.4. The number of nitrogens with one attached hydrogen (secondary N) is 1. The standard InChI is InChI=1S/C28H34ClN5O4/c1-30-27(36)19-5-2-3-6-20(19)28(37)34-12-10-21-22(29)8-9-24(38-16-18-13-31-17-32-14-18)26(21)23(34)15-33-11-4-7-25(33)35/h8-9,13-14,17,19-20,23H,2-7,10-12,15-16H2,1H3,(H,30,36)/t19-,20+,23+/m0/s1. The minimum atomic E-state index is -0.415. The van der Waals surface area contributed by atoms with Crippen molar-refractivity contribution in [1.82, 2.24) is 25.1 Å². The number of ether oxygens (including phenoxy) is 1. The van der Waals surface area contributed by atoms with Gasteiger partial charge in [0.25, 0.3) is 0 Å². The number of aromatic nitrogens is 2. The van der Waals surface area contributed by atoms with Gasteiger partial charge in [0.15, 0.2) is 0 Å². The number of hydrogen-bond donors (Lipinski definition) is 1. The van der Waals surface area contributed by atoms with Gasteiger partial charge in [0, 0.05) is 73.5 Å². The lowest BCUT2D eigenvalue weighted by molar-refractivity contribution is -0.147. The molecule has 2 aliphatic heterocycles. The Kier molecular flexibility index (Phi) is 8.12. The average molecular weight is 540 g/mol. The van der Waals surface area contributed by atoms with Crippen molar-refractivity contribution in [3.8, 4) is 5.75 Å². The summed E-state index contributed by atoms with van der Waals surface area (Å²) in [5, 5.41) is 3.38. The molecule has 0 bridgehead atoms. The highest BCUT2D eigenvalue weighted by atomic mass is 35.5. The Hall–Kier alpha value is -3.20. The van der Waals surface area contributed by atoms with Gasteiger partial charge in [-0.1, -0.05) is 24.4 Å². The molecule has 0 spiro atoms. The molecule has 202 valence electrons. The van der Waals surface area contributed by atoms with Gasteiger partial charge < -0.3 is 19.9 Å². The first-order chi connectivity index (χ1) is 18.5. The molecule has 5 rings (SSSR count). The van der Waals surface area contributed by atoms with Gasteiger partial charge in [-0.3, -0.25) is 14.4 Å². The maximum Gasteiger partial charge on any atom is 0.227 e. The second-order valence-electron chi connectivity index (χ2n) is 10.3. The molecule has 3 amide bonds. The third-order valence-electron chi connectivity index (χ3n) is 8.09. The maximum atomic E-state index is 14.2. The number of nitrogens with zero attached hydrogens (tertiary/aromatic N) is 4. The number of benzene rings is 1. The molecule has 1 N–H and O–H groups in total. The molecule has 1 aromatic heterocycles. The predicted molar refractivity (Wildman–Crippen MR) is 141 cm³/mol. The summed E-state index contributed by atoms with van der Waals surface area (Å²) in [5.74, 6) is -0.103. The van der Waals surface area contributed by atoms with Crippen LogP contribution in [0.3, 0.4) is 0 Å². The molecule has 2 fully saturated rings. The summed E-state index contributed by atoms with van der Waals surface area (Å²) in [6, 6.07) is 3.25. The van der Waals surface area contributed by atoms with Crippen molar-refractivity contribution in [2.24, 2.45) is 11.8 Å². The molecule has 9 nitrogen and oxygen atoms in total. The second kappa shape index (κ2) is 11.7. The summed E-state index contributed by atoms with van der Waals surface area (Å²) < 4.78 is 6.27. The molecule has 3 aliphatic rings. The quantitative estimate of drug-likeness (QED) is 0.579. The first-order valence-corrected chi connectivity index (χ1v) is 13.8. The number of halogens is 1. The summed E-state index contributed by atoms with van der Waals surface area (Å²) in [7, 11) is 1.63. The van der Waals surface area contributed by atoms with Crippen molar-refractivity contribution < 1.29 is 19.1 Å². The Morgan fingerprint density at radius 2 is 1.84 bits per heavy atom. The lowest BCUT2D eigenvalue weighted by Crippen LogP contribution is -2.50. The van der Waals surface area contributed by atoms with E-state index in [9.17, 15) is 14.4 Å². The van der Waals surface area contributed by atoms with Crippen LogP contribution in [0, 0.1) is 11.8 Å². The molecule has 10 heteroatoms. The molecular weight excluding hydrogens is 506 g/mol. The SMILES string of the molecule is CNC(=O)[C@H]1CCCC[C@H]1C(=O)N1CCc2c(Cl)ccc(OCc3cncnc3)c2[C@H]1CN1CCCC1=O. The highest BCUT2D eigenvalue weighted by Gasteiger charge is 2.43. The molecule has 1 aromatic carbocycles. The third kappa shape index (κ3) is 5.34. The smallest absolute Gasteiger partial charge is 0.227 e. The van der Waals surface area contributed by atoms with Gasteiger partial charge in [-0.05, 0) is 43.4 Å². The lowest BCUT2D eigenvalue weighted by atomic mass is 9.77. The molecule has 1 saturated heterocycles. The number of amides is 3. The van der Waals surface area contributed by atoms with E-state index < -0.39 is 6.04 Å². The largest absolute Gasteiger partial charge is 0.488 e. The van der Waals surface area contributed by atoms with Crippen LogP contribution in [0.5, 0.6) is 5.75 Å². The predicted octanol–water partition coefficient (Wildman–Crippen LogP) is 3.31. The minimum absolute atomic E-state index is 0.0250. The van der Waals surface area contributed by atoms with E-state index in [4.69, 9.17) is 16.3 Å². The number of rotatable bonds is 7. The van der Waals surface area contributed by atoms with Crippen LogP contribution in [0.2, 0.25) is 5.02 Å². The van der Waals surface area contributed by atoms with E-state index in [2.05, 4.69) is 15.3 Å². The number of likely N-dealkylation sites (tertiary alicyclic amines) is 1. The van der Waals surface area contributed by atoms with Gasteiger partial charge >= 0.3 is 0 Å². The van der Waals surface area contributed by atoms with E-state index in [1.165, 1.54) is 6.33 Å². The van der Waals surface area contributed by atoms with E-state index in [1.807, 2.05) is 21.9 Å². The zero-order valence-corrected chi connectivity index (χ0v) is 22.5. The van der Waals surface area contributed by atoms with Crippen molar-refractivity contribution in [1.29, 1.82) is 0 Å². The molecule has 2 aromatic rings. The molecule has 1 saturated carbocycles. The number of carbonyl (C=O) groups excluding carboxylic acids is 3. The van der Waals surface area contributed by atoms with Crippen molar-refractivity contribution in [2.45, 2.75) is 57.6 Å². The van der Waals surface area contributed by atoms with Crippen LogP contribution in [0.1, 0.15) is 61.3 Å². The van der Waals surface area contributed by atoms with E-state index in [-0.39, 0.29) is 36.2 Å². The van der Waals surface area contributed by atoms with Gasteiger partial charge in [-0.2, -0.15) is 0 Å². The van der Waals surface area contributed by atoms with Crippen LogP contribution in [-0.4, -0.2) is 64.2 Å². The number of fused-ring (bicyclic) bond motifs is 1. The highest BCUT2D eigenvalue weighted by molar-refractivity contribution is 6.31. The average Bonchev–Trinajstić information content (AvgIpc) is 3.36. The minimum Gasteiger partial charge on any atom is -0.488 e. The summed E-state index contributed by atoms with van der Waals surface area (Å²) in [4.78, 5) is 51.4. The fourth-order valence-corrected chi connectivity index (χ4v) is 6.43. The summed E-state index contributed by atoms with van der Waals surface area (Å²) in [6.07, 6.45) is 10.0. The zero-order chi connectivity index (χ0) is 26.6. The van der Waals surface area contributed by atoms with E-state index >= 15 is 0 Å². The topological polar surface area (TPSA) is 105 Å². The van der Waals surface area contributed by atoms with Gasteiger partial charge in [0.2, 0.25) is 17.7 Å². The molecule has 1 aliphatic carbocycles. The highest BCUT2D eigenvalue weighted by Crippen LogP contribution is 2.43. The van der Waals surface area contributed by atoms with Crippen molar-refractivity contribution in [3.05, 3.63) is 52.6 Å². The monoisotopic (exact) mass is 539 g/mol. The van der Waals surface area contributed by atoms with Crippen LogP contribution in [0.4, 0.5) is 0 Å². The molecular formula is C28H34ClN5O4. The zero-order valence-electron chi connectivity index (χ0n) is 21.7. The van der Waals surface area contributed by atoms with E-state index in [0.29, 0.717) is 56.1 Å². The van der Waals surface area contributed by atoms with Crippen LogP contribution < -0.4 is 10.1 Å². The first-order valence-electron chi connectivity index (χ1n) is 13.5. The van der Waals surface area contributed by atoms with Gasteiger partial charge in [-0.25, -0.2) is 9.97 Å². The Morgan fingerprint density at radius 3 is 2.55 bits per heavy atom. The summed E-state index contributed by atoms with van der Waals surface area (Å²) in [5.41, 5.74) is 2.61. The summed E-state index contributed by atoms with van der Waals surface area (Å²) >= 11 is 6.69. The fraction of sp³-hybridized carbons (Fsp3) is 0.536. The van der Waals surface area contributed by atoms with Crippen molar-refractivity contribution in [2.75, 3.05) is 26.7 Å². The van der Waals surface area contributed by atoms with E-state index in [1.54, 1.807) is 19.4 Å². The number of hydrogen-bond acceptors (Lipinski definition) is 6. The Morgan fingerprint density at radius 1 is 1.08 bits per heavy atom. The summed E-state index contributed by atoms with van der Waals surface area (Å²) in [6.45, 7) is 1.78. The maximum absolute atomic E-state index is 14.2. The molecule has 3 heterocycles. The van der Waals surface area contributed by atoms with Crippen LogP contribution in [-0.2, 0) is 27.4 Å². The van der Waals surface area contributed by atoms with Crippen LogP contribution in [0.25, 0.3) is 0 Å². The van der Waals surface area contributed by atoms with Gasteiger partial charge in [0.1, 0.15) is 18.7 Å². The molecule has 38 heavy (non-hydrogen) atoms. The lowest BCUT2D eigenvalue weighted by Gasteiger charge is -2.43. The van der Waals surface area contributed by atoms with E-state index in [0.717, 1.165) is 36.0 Å².